The fraction of sp³-hybridized carbons (Fsp3) is 0.105. The second-order valence-electron chi connectivity index (χ2n) is 5.93. The Bertz CT molecular complexity index is 1070. The second-order valence-corrected chi connectivity index (χ2v) is 8.13. The SMILES string of the molecule is CC(=O)Nc1cccc(NC(=O)CSc2nnc(NC(=O)c3ccc(F)cc3)s2)c1. The van der Waals surface area contributed by atoms with Crippen molar-refractivity contribution in [3.63, 3.8) is 0 Å². The van der Waals surface area contributed by atoms with Crippen molar-refractivity contribution in [2.45, 2.75) is 11.3 Å². The number of carbonyl (C=O) groups excluding carboxylic acids is 3. The van der Waals surface area contributed by atoms with E-state index in [-0.39, 0.29) is 22.7 Å². The fourth-order valence-electron chi connectivity index (χ4n) is 2.29. The number of halogens is 1. The highest BCUT2D eigenvalue weighted by molar-refractivity contribution is 8.01. The van der Waals surface area contributed by atoms with Crippen molar-refractivity contribution in [3.8, 4) is 0 Å². The lowest BCUT2D eigenvalue weighted by Gasteiger charge is -2.07. The van der Waals surface area contributed by atoms with Crippen LogP contribution >= 0.6 is 23.1 Å². The van der Waals surface area contributed by atoms with Crippen LogP contribution < -0.4 is 16.0 Å². The third-order valence-corrected chi connectivity index (χ3v) is 5.50. The van der Waals surface area contributed by atoms with Gasteiger partial charge in [-0.25, -0.2) is 4.39 Å². The largest absolute Gasteiger partial charge is 0.326 e. The third kappa shape index (κ3) is 6.36. The van der Waals surface area contributed by atoms with Crippen LogP contribution in [0, 0.1) is 5.82 Å². The molecule has 0 saturated carbocycles. The molecule has 154 valence electrons. The van der Waals surface area contributed by atoms with Crippen molar-refractivity contribution in [2.75, 3.05) is 21.7 Å². The van der Waals surface area contributed by atoms with Gasteiger partial charge >= 0.3 is 0 Å². The first kappa shape index (κ1) is 21.4. The molecule has 0 spiro atoms. The van der Waals surface area contributed by atoms with Crippen molar-refractivity contribution in [1.29, 1.82) is 0 Å². The summed E-state index contributed by atoms with van der Waals surface area (Å²) in [4.78, 5) is 35.4. The van der Waals surface area contributed by atoms with Crippen LogP contribution in [0.25, 0.3) is 0 Å². The number of aromatic nitrogens is 2. The first-order valence-corrected chi connectivity index (χ1v) is 10.4. The van der Waals surface area contributed by atoms with Gasteiger partial charge in [-0.15, -0.1) is 10.2 Å². The molecule has 8 nitrogen and oxygen atoms in total. The number of thioether (sulfide) groups is 1. The number of rotatable bonds is 7. The lowest BCUT2D eigenvalue weighted by atomic mass is 10.2. The summed E-state index contributed by atoms with van der Waals surface area (Å²) in [6.45, 7) is 1.40. The van der Waals surface area contributed by atoms with E-state index in [1.54, 1.807) is 24.3 Å². The number of nitrogens with zero attached hydrogens (tertiary/aromatic N) is 2. The zero-order chi connectivity index (χ0) is 21.5. The summed E-state index contributed by atoms with van der Waals surface area (Å²) >= 11 is 2.29. The maximum Gasteiger partial charge on any atom is 0.257 e. The lowest BCUT2D eigenvalue weighted by molar-refractivity contribution is -0.114. The molecule has 3 rings (SSSR count). The minimum Gasteiger partial charge on any atom is -0.326 e. The zero-order valence-electron chi connectivity index (χ0n) is 15.6. The Hall–Kier alpha value is -3.31. The van der Waals surface area contributed by atoms with Crippen molar-refractivity contribution < 1.29 is 18.8 Å². The minimum absolute atomic E-state index is 0.0882. The topological polar surface area (TPSA) is 113 Å². The van der Waals surface area contributed by atoms with E-state index in [1.165, 1.54) is 43.0 Å². The number of amides is 3. The first-order chi connectivity index (χ1) is 14.4. The van der Waals surface area contributed by atoms with E-state index in [4.69, 9.17) is 0 Å². The predicted molar refractivity (Wildman–Crippen MR) is 114 cm³/mol. The maximum atomic E-state index is 12.9. The molecule has 0 fully saturated rings. The van der Waals surface area contributed by atoms with E-state index < -0.39 is 11.7 Å². The van der Waals surface area contributed by atoms with Gasteiger partial charge in [-0.1, -0.05) is 29.2 Å². The average molecular weight is 446 g/mol. The Morgan fingerprint density at radius 1 is 1.00 bits per heavy atom. The Balaban J connectivity index is 1.50. The van der Waals surface area contributed by atoms with Gasteiger partial charge in [0, 0.05) is 23.9 Å². The molecule has 3 amide bonds. The molecule has 1 heterocycles. The van der Waals surface area contributed by atoms with Gasteiger partial charge in [-0.05, 0) is 42.5 Å². The van der Waals surface area contributed by atoms with Gasteiger partial charge in [0.2, 0.25) is 16.9 Å². The standard InChI is InChI=1S/C19H16FN5O3S2/c1-11(26)21-14-3-2-4-15(9-14)22-16(27)10-29-19-25-24-18(30-19)23-17(28)12-5-7-13(20)8-6-12/h2-9H,10H2,1H3,(H,21,26)(H,22,27)(H,23,24,28). The number of anilines is 3. The van der Waals surface area contributed by atoms with Gasteiger partial charge in [0.15, 0.2) is 4.34 Å². The lowest BCUT2D eigenvalue weighted by Crippen LogP contribution is -2.14. The van der Waals surface area contributed by atoms with Crippen molar-refractivity contribution in [1.82, 2.24) is 10.2 Å². The van der Waals surface area contributed by atoms with Gasteiger partial charge in [0.05, 0.1) is 5.75 Å². The van der Waals surface area contributed by atoms with Crippen molar-refractivity contribution in [2.24, 2.45) is 0 Å². The molecule has 0 aliphatic heterocycles. The van der Waals surface area contributed by atoms with Crippen molar-refractivity contribution in [3.05, 3.63) is 59.9 Å². The van der Waals surface area contributed by atoms with Crippen LogP contribution in [-0.4, -0.2) is 33.7 Å². The zero-order valence-corrected chi connectivity index (χ0v) is 17.3. The number of hydrogen-bond donors (Lipinski definition) is 3. The molecule has 0 unspecified atom stereocenters. The van der Waals surface area contributed by atoms with E-state index in [0.717, 1.165) is 11.3 Å². The molecule has 0 aliphatic rings. The van der Waals surface area contributed by atoms with Crippen LogP contribution in [-0.2, 0) is 9.59 Å². The molecule has 0 aliphatic carbocycles. The Morgan fingerprint density at radius 2 is 1.70 bits per heavy atom. The highest BCUT2D eigenvalue weighted by atomic mass is 32.2. The number of benzene rings is 2. The number of hydrogen-bond acceptors (Lipinski definition) is 7. The number of carbonyl (C=O) groups is 3. The number of nitrogens with one attached hydrogen (secondary N) is 3. The van der Waals surface area contributed by atoms with E-state index in [9.17, 15) is 18.8 Å². The average Bonchev–Trinajstić information content (AvgIpc) is 3.14. The van der Waals surface area contributed by atoms with Gasteiger partial charge in [0.1, 0.15) is 5.82 Å². The first-order valence-electron chi connectivity index (χ1n) is 8.60. The normalized spacial score (nSPS) is 10.3. The minimum atomic E-state index is -0.431. The quantitative estimate of drug-likeness (QED) is 0.378. The Kier molecular flexibility index (Phi) is 7.09. The molecule has 11 heteroatoms. The van der Waals surface area contributed by atoms with Crippen molar-refractivity contribution >= 4 is 57.3 Å². The molecule has 1 aromatic heterocycles. The molecule has 0 atom stereocenters. The third-order valence-electron chi connectivity index (χ3n) is 3.53. The molecule has 3 N–H and O–H groups in total. The summed E-state index contributed by atoms with van der Waals surface area (Å²) in [6.07, 6.45) is 0. The molecule has 30 heavy (non-hydrogen) atoms. The van der Waals surface area contributed by atoms with E-state index in [2.05, 4.69) is 26.1 Å². The molecule has 3 aromatic rings. The van der Waals surface area contributed by atoms with Gasteiger partial charge < -0.3 is 10.6 Å². The summed E-state index contributed by atoms with van der Waals surface area (Å²) in [5.41, 5.74) is 1.43. The highest BCUT2D eigenvalue weighted by Crippen LogP contribution is 2.26. The van der Waals surface area contributed by atoms with Crippen LogP contribution in [0.5, 0.6) is 0 Å². The smallest absolute Gasteiger partial charge is 0.257 e. The van der Waals surface area contributed by atoms with Crippen LogP contribution in [0.2, 0.25) is 0 Å². The fourth-order valence-corrected chi connectivity index (χ4v) is 3.84. The molecular weight excluding hydrogens is 429 g/mol. The molecule has 0 bridgehead atoms. The summed E-state index contributed by atoms with van der Waals surface area (Å²) in [5.74, 6) is -1.23. The predicted octanol–water partition coefficient (Wildman–Crippen LogP) is 3.62. The summed E-state index contributed by atoms with van der Waals surface area (Å²) < 4.78 is 13.4. The van der Waals surface area contributed by atoms with E-state index in [1.807, 2.05) is 0 Å². The van der Waals surface area contributed by atoms with Gasteiger partial charge in [-0.3, -0.25) is 19.7 Å². The second kappa shape index (κ2) is 9.94. The van der Waals surface area contributed by atoms with Crippen LogP contribution in [0.1, 0.15) is 17.3 Å². The van der Waals surface area contributed by atoms with Crippen LogP contribution in [0.15, 0.2) is 52.9 Å². The highest BCUT2D eigenvalue weighted by Gasteiger charge is 2.12. The maximum absolute atomic E-state index is 12.9. The van der Waals surface area contributed by atoms with Gasteiger partial charge in [0.25, 0.3) is 5.91 Å². The summed E-state index contributed by atoms with van der Waals surface area (Å²) in [6, 6.07) is 11.9. The van der Waals surface area contributed by atoms with E-state index in [0.29, 0.717) is 21.3 Å². The molecule has 0 radical (unpaired) electrons. The Morgan fingerprint density at radius 3 is 2.40 bits per heavy atom. The van der Waals surface area contributed by atoms with Crippen LogP contribution in [0.3, 0.4) is 0 Å². The summed E-state index contributed by atoms with van der Waals surface area (Å²) in [7, 11) is 0. The summed E-state index contributed by atoms with van der Waals surface area (Å²) in [5, 5.41) is 16.0. The van der Waals surface area contributed by atoms with E-state index >= 15 is 0 Å². The molecular formula is C19H16FN5O3S2. The van der Waals surface area contributed by atoms with Crippen LogP contribution in [0.4, 0.5) is 20.9 Å². The Labute approximate surface area is 179 Å². The monoisotopic (exact) mass is 445 g/mol. The molecule has 2 aromatic carbocycles. The molecule has 0 saturated heterocycles. The van der Waals surface area contributed by atoms with Gasteiger partial charge in [-0.2, -0.15) is 0 Å².